The first-order valence-electron chi connectivity index (χ1n) is 8.03. The Morgan fingerprint density at radius 2 is 1.74 bits per heavy atom. The molecule has 0 aliphatic heterocycles. The molecule has 0 fully saturated rings. The molecule has 27 heavy (non-hydrogen) atoms. The maximum atomic E-state index is 13.5. The van der Waals surface area contributed by atoms with Crippen LogP contribution in [-0.4, -0.2) is 40.6 Å². The number of carbonyl (C=O) groups excluding carboxylic acids is 1. The Morgan fingerprint density at radius 1 is 1.04 bits per heavy atom. The van der Waals surface area contributed by atoms with Crippen LogP contribution in [0.25, 0.3) is 22.3 Å². The molecule has 0 aliphatic carbocycles. The molecule has 0 aliphatic rings. The summed E-state index contributed by atoms with van der Waals surface area (Å²) in [5, 5.41) is 0.626. The number of alkyl halides is 3. The Hall–Kier alpha value is -2.61. The van der Waals surface area contributed by atoms with Crippen LogP contribution in [0.5, 0.6) is 0 Å². The minimum Gasteiger partial charge on any atom is -0.348 e. The fraction of sp³-hybridized carbons (Fsp3) is 0.211. The zero-order valence-electron chi connectivity index (χ0n) is 14.6. The summed E-state index contributed by atoms with van der Waals surface area (Å²) in [5.41, 5.74) is -0.379. The van der Waals surface area contributed by atoms with Gasteiger partial charge in [-0.1, -0.05) is 54.2 Å². The molecular weight excluding hydrogens is 375 g/mol. The number of hydrogen-bond donors (Lipinski definition) is 0. The predicted octanol–water partition coefficient (Wildman–Crippen LogP) is 4.50. The van der Waals surface area contributed by atoms with Crippen molar-refractivity contribution in [2.24, 2.45) is 0 Å². The number of thioether (sulfide) groups is 1. The third kappa shape index (κ3) is 4.21. The average molecular weight is 391 g/mol. The molecule has 1 aromatic heterocycles. The van der Waals surface area contributed by atoms with E-state index in [4.69, 9.17) is 0 Å². The molecule has 0 unspecified atom stereocenters. The molecule has 0 saturated heterocycles. The van der Waals surface area contributed by atoms with Gasteiger partial charge in [0.2, 0.25) is 5.91 Å². The van der Waals surface area contributed by atoms with Gasteiger partial charge in [-0.25, -0.2) is 9.97 Å². The van der Waals surface area contributed by atoms with E-state index in [-0.39, 0.29) is 28.4 Å². The summed E-state index contributed by atoms with van der Waals surface area (Å²) in [4.78, 5) is 22.0. The lowest BCUT2D eigenvalue weighted by Crippen LogP contribution is -2.23. The van der Waals surface area contributed by atoms with Crippen LogP contribution in [0.3, 0.4) is 0 Å². The van der Waals surface area contributed by atoms with E-state index in [2.05, 4.69) is 9.97 Å². The molecule has 0 radical (unpaired) electrons. The normalized spacial score (nSPS) is 11.6. The maximum Gasteiger partial charge on any atom is 0.418 e. The second-order valence-electron chi connectivity index (χ2n) is 5.99. The highest BCUT2D eigenvalue weighted by Gasteiger charge is 2.34. The highest BCUT2D eigenvalue weighted by molar-refractivity contribution is 8.00. The van der Waals surface area contributed by atoms with E-state index in [0.717, 1.165) is 17.8 Å². The van der Waals surface area contributed by atoms with Crippen molar-refractivity contribution in [3.8, 4) is 11.4 Å². The fourth-order valence-electron chi connectivity index (χ4n) is 2.44. The van der Waals surface area contributed by atoms with E-state index in [1.165, 1.54) is 11.0 Å². The Kier molecular flexibility index (Phi) is 5.36. The zero-order chi connectivity index (χ0) is 19.6. The standard InChI is InChI=1S/C19H16F3N3OS/c1-25(2)15(26)11-27-18-13-9-6-10-14(19(20,21)22)16(13)23-17(24-18)12-7-4-3-5-8-12/h3-10H,11H2,1-2H3. The number of halogens is 3. The summed E-state index contributed by atoms with van der Waals surface area (Å²) in [6.45, 7) is 0. The van der Waals surface area contributed by atoms with Crippen molar-refractivity contribution in [1.82, 2.24) is 14.9 Å². The van der Waals surface area contributed by atoms with Crippen molar-refractivity contribution >= 4 is 28.6 Å². The molecule has 4 nitrogen and oxygen atoms in total. The Morgan fingerprint density at radius 3 is 2.37 bits per heavy atom. The lowest BCUT2D eigenvalue weighted by Gasteiger charge is -2.14. The van der Waals surface area contributed by atoms with Gasteiger partial charge in [0.1, 0.15) is 5.03 Å². The fourth-order valence-corrected chi connectivity index (χ4v) is 3.43. The van der Waals surface area contributed by atoms with Gasteiger partial charge in [-0.15, -0.1) is 0 Å². The molecule has 0 bridgehead atoms. The van der Waals surface area contributed by atoms with Crippen LogP contribution in [-0.2, 0) is 11.0 Å². The molecule has 0 spiro atoms. The monoisotopic (exact) mass is 391 g/mol. The molecule has 2 aromatic carbocycles. The minimum atomic E-state index is -4.54. The van der Waals surface area contributed by atoms with Crippen LogP contribution in [0.4, 0.5) is 13.2 Å². The first-order valence-corrected chi connectivity index (χ1v) is 9.02. The second kappa shape index (κ2) is 7.56. The van der Waals surface area contributed by atoms with Gasteiger partial charge in [-0.2, -0.15) is 13.2 Å². The molecular formula is C19H16F3N3OS. The van der Waals surface area contributed by atoms with Crippen LogP contribution in [0.1, 0.15) is 5.56 Å². The molecule has 0 atom stereocenters. The first kappa shape index (κ1) is 19.2. The Balaban J connectivity index is 2.18. The van der Waals surface area contributed by atoms with Crippen LogP contribution >= 0.6 is 11.8 Å². The van der Waals surface area contributed by atoms with E-state index in [1.54, 1.807) is 50.5 Å². The van der Waals surface area contributed by atoms with Crippen molar-refractivity contribution in [1.29, 1.82) is 0 Å². The maximum absolute atomic E-state index is 13.5. The van der Waals surface area contributed by atoms with Gasteiger partial charge in [-0.05, 0) is 6.07 Å². The summed E-state index contributed by atoms with van der Waals surface area (Å²) in [7, 11) is 3.25. The number of amides is 1. The van der Waals surface area contributed by atoms with E-state index in [9.17, 15) is 18.0 Å². The first-order chi connectivity index (χ1) is 12.8. The lowest BCUT2D eigenvalue weighted by molar-refractivity contribution is -0.136. The Labute approximate surface area is 158 Å². The summed E-state index contributed by atoms with van der Waals surface area (Å²) < 4.78 is 40.4. The topological polar surface area (TPSA) is 46.1 Å². The molecule has 1 amide bonds. The van der Waals surface area contributed by atoms with Gasteiger partial charge in [0.15, 0.2) is 5.82 Å². The number of carbonyl (C=O) groups is 1. The van der Waals surface area contributed by atoms with Gasteiger partial charge >= 0.3 is 6.18 Å². The molecule has 1 heterocycles. The van der Waals surface area contributed by atoms with Crippen LogP contribution < -0.4 is 0 Å². The number of rotatable bonds is 4. The highest BCUT2D eigenvalue weighted by Crippen LogP contribution is 2.37. The molecule has 3 aromatic rings. The van der Waals surface area contributed by atoms with E-state index >= 15 is 0 Å². The van der Waals surface area contributed by atoms with Gasteiger partial charge < -0.3 is 4.90 Å². The predicted molar refractivity (Wildman–Crippen MR) is 99.4 cm³/mol. The number of hydrogen-bond acceptors (Lipinski definition) is 4. The molecule has 0 saturated carbocycles. The molecule has 0 N–H and O–H groups in total. The van der Waals surface area contributed by atoms with Crippen molar-refractivity contribution in [3.63, 3.8) is 0 Å². The lowest BCUT2D eigenvalue weighted by atomic mass is 10.1. The van der Waals surface area contributed by atoms with Crippen LogP contribution in [0.2, 0.25) is 0 Å². The van der Waals surface area contributed by atoms with Gasteiger partial charge in [0.05, 0.1) is 16.8 Å². The number of benzene rings is 2. The molecule has 8 heteroatoms. The summed E-state index contributed by atoms with van der Waals surface area (Å²) >= 11 is 1.10. The average Bonchev–Trinajstić information content (AvgIpc) is 2.64. The smallest absolute Gasteiger partial charge is 0.348 e. The SMILES string of the molecule is CN(C)C(=O)CSc1nc(-c2ccccc2)nc2c(C(F)(F)F)cccc12. The van der Waals surface area contributed by atoms with Crippen molar-refractivity contribution in [3.05, 3.63) is 54.1 Å². The van der Waals surface area contributed by atoms with Gasteiger partial charge in [-0.3, -0.25) is 4.79 Å². The van der Waals surface area contributed by atoms with Crippen molar-refractivity contribution in [2.75, 3.05) is 19.8 Å². The third-order valence-electron chi connectivity index (χ3n) is 3.86. The molecule has 3 rings (SSSR count). The number of aromatic nitrogens is 2. The number of para-hydroxylation sites is 1. The van der Waals surface area contributed by atoms with E-state index in [1.807, 2.05) is 0 Å². The van der Waals surface area contributed by atoms with Gasteiger partial charge in [0, 0.05) is 25.0 Å². The second-order valence-corrected chi connectivity index (χ2v) is 6.96. The van der Waals surface area contributed by atoms with Crippen molar-refractivity contribution < 1.29 is 18.0 Å². The molecule has 140 valence electrons. The summed E-state index contributed by atoms with van der Waals surface area (Å²) in [6.07, 6.45) is -4.54. The van der Waals surface area contributed by atoms with Crippen molar-refractivity contribution in [2.45, 2.75) is 11.2 Å². The summed E-state index contributed by atoms with van der Waals surface area (Å²) in [5.74, 6) is 0.114. The van der Waals surface area contributed by atoms with Crippen LogP contribution in [0, 0.1) is 0 Å². The quantitative estimate of drug-likeness (QED) is 0.485. The van der Waals surface area contributed by atoms with E-state index < -0.39 is 11.7 Å². The minimum absolute atomic E-state index is 0.0730. The van der Waals surface area contributed by atoms with Crippen LogP contribution in [0.15, 0.2) is 53.6 Å². The zero-order valence-corrected chi connectivity index (χ0v) is 15.4. The van der Waals surface area contributed by atoms with Gasteiger partial charge in [0.25, 0.3) is 0 Å². The number of fused-ring (bicyclic) bond motifs is 1. The highest BCUT2D eigenvalue weighted by atomic mass is 32.2. The summed E-state index contributed by atoms with van der Waals surface area (Å²) in [6, 6.07) is 12.7. The third-order valence-corrected chi connectivity index (χ3v) is 4.84. The Bertz CT molecular complexity index is 975. The number of nitrogens with zero attached hydrogens (tertiary/aromatic N) is 3. The largest absolute Gasteiger partial charge is 0.418 e. The van der Waals surface area contributed by atoms with E-state index in [0.29, 0.717) is 10.6 Å².